The van der Waals surface area contributed by atoms with Crippen LogP contribution in [0.15, 0.2) is 18.2 Å². The molecule has 118 valence electrons. The van der Waals surface area contributed by atoms with E-state index in [9.17, 15) is 9.59 Å². The van der Waals surface area contributed by atoms with Crippen LogP contribution in [-0.4, -0.2) is 35.8 Å². The fourth-order valence-electron chi connectivity index (χ4n) is 3.32. The normalized spacial score (nSPS) is 22.3. The summed E-state index contributed by atoms with van der Waals surface area (Å²) in [7, 11) is 0. The highest BCUT2D eigenvalue weighted by Gasteiger charge is 2.27. The van der Waals surface area contributed by atoms with Gasteiger partial charge in [0.05, 0.1) is 10.7 Å². The zero-order valence-electron chi connectivity index (χ0n) is 12.8. The number of likely N-dealkylation sites (tertiary alicyclic amines) is 1. The molecule has 1 atom stereocenters. The monoisotopic (exact) mass is 320 g/mol. The Bertz CT molecular complexity index is 602. The number of hydrogen-bond donors (Lipinski definition) is 0. The number of piperidine rings is 1. The minimum atomic E-state index is 0.0387. The maximum absolute atomic E-state index is 12.7. The second-order valence-electron chi connectivity index (χ2n) is 6.16. The number of carbonyl (C=O) groups is 2. The zero-order chi connectivity index (χ0) is 15.7. The van der Waals surface area contributed by atoms with Gasteiger partial charge in [0.25, 0.3) is 5.91 Å². The van der Waals surface area contributed by atoms with Gasteiger partial charge in [-0.2, -0.15) is 0 Å². The summed E-state index contributed by atoms with van der Waals surface area (Å²) in [5.74, 6) is 0.120. The Labute approximate surface area is 136 Å². The van der Waals surface area contributed by atoms with E-state index < -0.39 is 0 Å². The minimum Gasteiger partial charge on any atom is -0.336 e. The topological polar surface area (TPSA) is 40.6 Å². The standard InChI is InChI=1S/C17H21ClN2O2/c1-12-5-2-3-9-19(12)17(22)13-7-8-14(18)15(11-13)20-10-4-6-16(20)21/h7-8,11-12H,2-6,9-10H2,1H3. The van der Waals surface area contributed by atoms with Crippen molar-refractivity contribution in [1.29, 1.82) is 0 Å². The summed E-state index contributed by atoms with van der Waals surface area (Å²) in [4.78, 5) is 28.3. The van der Waals surface area contributed by atoms with E-state index in [4.69, 9.17) is 11.6 Å². The highest BCUT2D eigenvalue weighted by molar-refractivity contribution is 6.34. The molecule has 2 fully saturated rings. The summed E-state index contributed by atoms with van der Waals surface area (Å²) in [5.41, 5.74) is 1.28. The number of anilines is 1. The van der Waals surface area contributed by atoms with Gasteiger partial charge < -0.3 is 9.80 Å². The Hall–Kier alpha value is -1.55. The predicted octanol–water partition coefficient (Wildman–Crippen LogP) is 3.48. The van der Waals surface area contributed by atoms with Gasteiger partial charge in [0.15, 0.2) is 0 Å². The van der Waals surface area contributed by atoms with Crippen LogP contribution < -0.4 is 4.90 Å². The third-order valence-electron chi connectivity index (χ3n) is 4.62. The van der Waals surface area contributed by atoms with Crippen molar-refractivity contribution in [2.75, 3.05) is 18.0 Å². The molecule has 1 aromatic carbocycles. The Morgan fingerprint density at radius 2 is 2.05 bits per heavy atom. The zero-order valence-corrected chi connectivity index (χ0v) is 13.6. The van der Waals surface area contributed by atoms with Gasteiger partial charge >= 0.3 is 0 Å². The van der Waals surface area contributed by atoms with Gasteiger partial charge in [-0.15, -0.1) is 0 Å². The first-order valence-electron chi connectivity index (χ1n) is 7.99. The van der Waals surface area contributed by atoms with Crippen LogP contribution in [0.2, 0.25) is 5.02 Å². The van der Waals surface area contributed by atoms with Crippen molar-refractivity contribution < 1.29 is 9.59 Å². The first kappa shape index (κ1) is 15.3. The number of amides is 2. The van der Waals surface area contributed by atoms with E-state index in [0.29, 0.717) is 29.2 Å². The van der Waals surface area contributed by atoms with Crippen molar-refractivity contribution in [1.82, 2.24) is 4.90 Å². The number of nitrogens with zero attached hydrogens (tertiary/aromatic N) is 2. The summed E-state index contributed by atoms with van der Waals surface area (Å²) in [6.07, 6.45) is 4.69. The van der Waals surface area contributed by atoms with Gasteiger partial charge in [0.1, 0.15) is 0 Å². The molecule has 3 rings (SSSR count). The molecular formula is C17H21ClN2O2. The second kappa shape index (κ2) is 6.29. The van der Waals surface area contributed by atoms with E-state index in [2.05, 4.69) is 6.92 Å². The molecule has 0 radical (unpaired) electrons. The van der Waals surface area contributed by atoms with Crippen LogP contribution in [0.1, 0.15) is 49.4 Å². The van der Waals surface area contributed by atoms with E-state index in [1.807, 2.05) is 4.90 Å². The highest BCUT2D eigenvalue weighted by atomic mass is 35.5. The first-order valence-corrected chi connectivity index (χ1v) is 8.36. The highest BCUT2D eigenvalue weighted by Crippen LogP contribution is 2.31. The third-order valence-corrected chi connectivity index (χ3v) is 4.94. The minimum absolute atomic E-state index is 0.0387. The van der Waals surface area contributed by atoms with Crippen molar-refractivity contribution in [3.05, 3.63) is 28.8 Å². The summed E-state index contributed by atoms with van der Waals surface area (Å²) in [6.45, 7) is 3.58. The van der Waals surface area contributed by atoms with Gasteiger partial charge in [-0.1, -0.05) is 11.6 Å². The van der Waals surface area contributed by atoms with Crippen LogP contribution in [0, 0.1) is 0 Å². The first-order chi connectivity index (χ1) is 10.6. The smallest absolute Gasteiger partial charge is 0.254 e. The third kappa shape index (κ3) is 2.84. The maximum Gasteiger partial charge on any atom is 0.254 e. The average molecular weight is 321 g/mol. The molecule has 2 aliphatic rings. The van der Waals surface area contributed by atoms with Crippen molar-refractivity contribution in [3.8, 4) is 0 Å². The molecule has 0 aromatic heterocycles. The summed E-state index contributed by atoms with van der Waals surface area (Å²) >= 11 is 6.24. The van der Waals surface area contributed by atoms with E-state index in [1.165, 1.54) is 6.42 Å². The SMILES string of the molecule is CC1CCCCN1C(=O)c1ccc(Cl)c(N2CCCC2=O)c1. The summed E-state index contributed by atoms with van der Waals surface area (Å²) in [5, 5.41) is 0.526. The molecule has 22 heavy (non-hydrogen) atoms. The average Bonchev–Trinajstić information content (AvgIpc) is 2.93. The molecular weight excluding hydrogens is 300 g/mol. The molecule has 0 bridgehead atoms. The number of benzene rings is 1. The lowest BCUT2D eigenvalue weighted by Crippen LogP contribution is -2.42. The molecule has 2 heterocycles. The van der Waals surface area contributed by atoms with Crippen LogP contribution in [-0.2, 0) is 4.79 Å². The molecule has 2 amide bonds. The summed E-state index contributed by atoms with van der Waals surface area (Å²) < 4.78 is 0. The number of rotatable bonds is 2. The number of halogens is 1. The molecule has 0 N–H and O–H groups in total. The molecule has 2 aliphatic heterocycles. The number of carbonyl (C=O) groups excluding carboxylic acids is 2. The summed E-state index contributed by atoms with van der Waals surface area (Å²) in [6, 6.07) is 5.53. The Balaban J connectivity index is 1.88. The lowest BCUT2D eigenvalue weighted by molar-refractivity contribution is -0.117. The second-order valence-corrected chi connectivity index (χ2v) is 6.57. The molecule has 0 saturated carbocycles. The van der Waals surface area contributed by atoms with Gasteiger partial charge in [0, 0.05) is 31.1 Å². The predicted molar refractivity (Wildman–Crippen MR) is 87.4 cm³/mol. The molecule has 1 unspecified atom stereocenters. The molecule has 4 nitrogen and oxygen atoms in total. The van der Waals surface area contributed by atoms with E-state index in [0.717, 1.165) is 25.8 Å². The van der Waals surface area contributed by atoms with Crippen LogP contribution in [0.5, 0.6) is 0 Å². The molecule has 1 aromatic rings. The molecule has 0 aliphatic carbocycles. The molecule has 2 saturated heterocycles. The lowest BCUT2D eigenvalue weighted by Gasteiger charge is -2.33. The van der Waals surface area contributed by atoms with Gasteiger partial charge in [-0.25, -0.2) is 0 Å². The van der Waals surface area contributed by atoms with Crippen molar-refractivity contribution >= 4 is 29.1 Å². The fraction of sp³-hybridized carbons (Fsp3) is 0.529. The van der Waals surface area contributed by atoms with Gasteiger partial charge in [0.2, 0.25) is 5.91 Å². The van der Waals surface area contributed by atoms with Crippen molar-refractivity contribution in [3.63, 3.8) is 0 Å². The largest absolute Gasteiger partial charge is 0.336 e. The Kier molecular flexibility index (Phi) is 4.39. The number of hydrogen-bond acceptors (Lipinski definition) is 2. The van der Waals surface area contributed by atoms with Gasteiger partial charge in [-0.3, -0.25) is 9.59 Å². The van der Waals surface area contributed by atoms with E-state index in [-0.39, 0.29) is 17.9 Å². The van der Waals surface area contributed by atoms with Crippen molar-refractivity contribution in [2.24, 2.45) is 0 Å². The van der Waals surface area contributed by atoms with Crippen LogP contribution >= 0.6 is 11.6 Å². The molecule has 5 heteroatoms. The van der Waals surface area contributed by atoms with Crippen LogP contribution in [0.4, 0.5) is 5.69 Å². The maximum atomic E-state index is 12.7. The molecule has 0 spiro atoms. The van der Waals surface area contributed by atoms with Crippen LogP contribution in [0.3, 0.4) is 0 Å². The van der Waals surface area contributed by atoms with Gasteiger partial charge in [-0.05, 0) is 50.8 Å². The fourth-order valence-corrected chi connectivity index (χ4v) is 3.54. The Morgan fingerprint density at radius 1 is 1.23 bits per heavy atom. The van der Waals surface area contributed by atoms with Crippen LogP contribution in [0.25, 0.3) is 0 Å². The lowest BCUT2D eigenvalue weighted by atomic mass is 10.0. The van der Waals surface area contributed by atoms with Crippen molar-refractivity contribution in [2.45, 2.75) is 45.1 Å². The Morgan fingerprint density at radius 3 is 2.73 bits per heavy atom. The van der Waals surface area contributed by atoms with E-state index in [1.54, 1.807) is 23.1 Å². The quantitative estimate of drug-likeness (QED) is 0.837. The van der Waals surface area contributed by atoms with E-state index >= 15 is 0 Å².